The number of fused-ring (bicyclic) bond motifs is 1. The number of hydrogen-bond acceptors (Lipinski definition) is 4. The summed E-state index contributed by atoms with van der Waals surface area (Å²) in [7, 11) is 0. The third-order valence-electron chi connectivity index (χ3n) is 4.22. The van der Waals surface area contributed by atoms with E-state index in [1.54, 1.807) is 0 Å². The highest BCUT2D eigenvalue weighted by Gasteiger charge is 2.02. The molecule has 1 amide bonds. The van der Waals surface area contributed by atoms with E-state index >= 15 is 0 Å². The Morgan fingerprint density at radius 2 is 1.64 bits per heavy atom. The molecule has 0 aliphatic carbocycles. The van der Waals surface area contributed by atoms with Crippen LogP contribution in [0.3, 0.4) is 0 Å². The van der Waals surface area contributed by atoms with Crippen molar-refractivity contribution in [3.63, 3.8) is 0 Å². The van der Waals surface area contributed by atoms with Crippen molar-refractivity contribution >= 4 is 16.7 Å². The van der Waals surface area contributed by atoms with Crippen LogP contribution in [-0.2, 0) is 11.2 Å². The van der Waals surface area contributed by atoms with Crippen LogP contribution < -0.4 is 14.8 Å². The minimum absolute atomic E-state index is 0.111. The quantitative estimate of drug-likeness (QED) is 0.577. The topological polar surface area (TPSA) is 71.4 Å². The van der Waals surface area contributed by atoms with Gasteiger partial charge in [0.15, 0.2) is 0 Å². The van der Waals surface area contributed by atoms with Gasteiger partial charge in [-0.2, -0.15) is 5.26 Å². The Balaban J connectivity index is 1.43. The molecule has 1 N–H and O–H groups in total. The molecule has 0 bridgehead atoms. The van der Waals surface area contributed by atoms with Crippen molar-refractivity contribution in [2.24, 2.45) is 0 Å². The summed E-state index contributed by atoms with van der Waals surface area (Å²) in [5, 5.41) is 13.5. The van der Waals surface area contributed by atoms with Gasteiger partial charge in [0.2, 0.25) is 5.91 Å². The van der Waals surface area contributed by atoms with Crippen LogP contribution in [0, 0.1) is 11.3 Å². The molecule has 0 aliphatic heterocycles. The average Bonchev–Trinajstić information content (AvgIpc) is 2.72. The molecule has 0 spiro atoms. The molecule has 0 aliphatic rings. The first-order chi connectivity index (χ1) is 13.7. The molecule has 0 radical (unpaired) electrons. The maximum absolute atomic E-state index is 11.3. The van der Waals surface area contributed by atoms with Gasteiger partial charge < -0.3 is 14.8 Å². The minimum atomic E-state index is -0.249. The van der Waals surface area contributed by atoms with E-state index in [0.29, 0.717) is 26.2 Å². The van der Waals surface area contributed by atoms with Crippen molar-refractivity contribution in [2.45, 2.75) is 12.8 Å². The molecule has 0 aromatic heterocycles. The maximum Gasteiger partial charge on any atom is 0.234 e. The lowest BCUT2D eigenvalue weighted by Gasteiger charge is -2.10. The number of hydrogen-bond donors (Lipinski definition) is 1. The molecular formula is C23H22N2O3. The fourth-order valence-electron chi connectivity index (χ4n) is 2.85. The Hall–Kier alpha value is -3.52. The summed E-state index contributed by atoms with van der Waals surface area (Å²) in [6.07, 6.45) is 0.572. The molecule has 0 fully saturated rings. The number of rotatable bonds is 9. The van der Waals surface area contributed by atoms with Gasteiger partial charge in [-0.3, -0.25) is 4.79 Å². The van der Waals surface area contributed by atoms with Crippen LogP contribution in [0.1, 0.15) is 12.0 Å². The van der Waals surface area contributed by atoms with Crippen LogP contribution in [0.2, 0.25) is 0 Å². The summed E-state index contributed by atoms with van der Waals surface area (Å²) in [5.41, 5.74) is 1.06. The molecule has 3 aromatic carbocycles. The van der Waals surface area contributed by atoms with E-state index in [0.717, 1.165) is 22.4 Å². The first-order valence-corrected chi connectivity index (χ1v) is 9.21. The zero-order valence-corrected chi connectivity index (χ0v) is 15.6. The predicted molar refractivity (Wildman–Crippen MR) is 108 cm³/mol. The highest BCUT2D eigenvalue weighted by Crippen LogP contribution is 2.20. The van der Waals surface area contributed by atoms with E-state index < -0.39 is 0 Å². The van der Waals surface area contributed by atoms with Gasteiger partial charge >= 0.3 is 0 Å². The lowest BCUT2D eigenvalue weighted by molar-refractivity contribution is -0.120. The number of nitriles is 1. The number of benzene rings is 3. The Morgan fingerprint density at radius 3 is 2.43 bits per heavy atom. The largest absolute Gasteiger partial charge is 0.490 e. The molecule has 28 heavy (non-hydrogen) atoms. The highest BCUT2D eigenvalue weighted by molar-refractivity contribution is 5.83. The highest BCUT2D eigenvalue weighted by atomic mass is 16.5. The third-order valence-corrected chi connectivity index (χ3v) is 4.22. The zero-order chi connectivity index (χ0) is 19.6. The second kappa shape index (κ2) is 9.98. The van der Waals surface area contributed by atoms with Crippen molar-refractivity contribution in [3.05, 3.63) is 72.3 Å². The average molecular weight is 374 g/mol. The SMILES string of the molecule is N#CCC(=O)NCCc1cccc(OCCOc2ccc3ccccc3c2)c1. The summed E-state index contributed by atoms with van der Waals surface area (Å²) in [5.74, 6) is 1.34. The van der Waals surface area contributed by atoms with Gasteiger partial charge in [-0.15, -0.1) is 0 Å². The van der Waals surface area contributed by atoms with E-state index in [9.17, 15) is 4.79 Å². The number of carbonyl (C=O) groups excluding carboxylic acids is 1. The minimum Gasteiger partial charge on any atom is -0.490 e. The van der Waals surface area contributed by atoms with Crippen LogP contribution in [0.15, 0.2) is 66.7 Å². The first-order valence-electron chi connectivity index (χ1n) is 9.21. The summed E-state index contributed by atoms with van der Waals surface area (Å²) >= 11 is 0. The Labute approximate surface area is 164 Å². The molecule has 5 nitrogen and oxygen atoms in total. The fourth-order valence-corrected chi connectivity index (χ4v) is 2.85. The second-order valence-corrected chi connectivity index (χ2v) is 6.29. The molecule has 5 heteroatoms. The van der Waals surface area contributed by atoms with Gasteiger partial charge in [-0.1, -0.05) is 42.5 Å². The molecule has 142 valence electrons. The molecule has 0 saturated carbocycles. The second-order valence-electron chi connectivity index (χ2n) is 6.29. The Bertz CT molecular complexity index is 979. The molecule has 3 rings (SSSR count). The van der Waals surface area contributed by atoms with Crippen molar-refractivity contribution < 1.29 is 14.3 Å². The maximum atomic E-state index is 11.3. The number of carbonyl (C=O) groups is 1. The Kier molecular flexibility index (Phi) is 6.86. The van der Waals surface area contributed by atoms with Crippen molar-refractivity contribution in [3.8, 4) is 17.6 Å². The number of ether oxygens (including phenoxy) is 2. The normalized spacial score (nSPS) is 10.2. The van der Waals surface area contributed by atoms with Crippen LogP contribution in [0.25, 0.3) is 10.8 Å². The number of amides is 1. The van der Waals surface area contributed by atoms with Gasteiger partial charge in [-0.05, 0) is 47.0 Å². The van der Waals surface area contributed by atoms with Gasteiger partial charge in [-0.25, -0.2) is 0 Å². The van der Waals surface area contributed by atoms with Gasteiger partial charge in [0.05, 0.1) is 6.07 Å². The smallest absolute Gasteiger partial charge is 0.234 e. The summed E-state index contributed by atoms with van der Waals surface area (Å²) in [6.45, 7) is 1.39. The van der Waals surface area contributed by atoms with Crippen molar-refractivity contribution in [1.82, 2.24) is 5.32 Å². The zero-order valence-electron chi connectivity index (χ0n) is 15.6. The third kappa shape index (κ3) is 5.75. The van der Waals surface area contributed by atoms with E-state index in [2.05, 4.69) is 17.4 Å². The first kappa shape index (κ1) is 19.2. The molecule has 0 unspecified atom stereocenters. The lowest BCUT2D eigenvalue weighted by atomic mass is 10.1. The van der Waals surface area contributed by atoms with Crippen LogP contribution in [-0.4, -0.2) is 25.7 Å². The summed E-state index contributed by atoms with van der Waals surface area (Å²) in [4.78, 5) is 11.3. The van der Waals surface area contributed by atoms with Crippen molar-refractivity contribution in [1.29, 1.82) is 5.26 Å². The van der Waals surface area contributed by atoms with Crippen LogP contribution in [0.4, 0.5) is 0 Å². The molecule has 0 saturated heterocycles. The molecule has 0 atom stereocenters. The fraction of sp³-hybridized carbons (Fsp3) is 0.217. The van der Waals surface area contributed by atoms with E-state index in [-0.39, 0.29) is 12.3 Å². The van der Waals surface area contributed by atoms with E-state index in [4.69, 9.17) is 14.7 Å². The van der Waals surface area contributed by atoms with Crippen LogP contribution >= 0.6 is 0 Å². The van der Waals surface area contributed by atoms with Crippen molar-refractivity contribution in [2.75, 3.05) is 19.8 Å². The standard InChI is InChI=1S/C23H22N2O3/c24-12-10-23(26)25-13-11-18-4-3-7-21(16-18)27-14-15-28-22-9-8-19-5-1-2-6-20(19)17-22/h1-9,16-17H,10-11,13-15H2,(H,25,26). The molecule has 0 heterocycles. The summed E-state index contributed by atoms with van der Waals surface area (Å²) in [6, 6.07) is 23.8. The molecular weight excluding hydrogens is 352 g/mol. The summed E-state index contributed by atoms with van der Waals surface area (Å²) < 4.78 is 11.5. The Morgan fingerprint density at radius 1 is 0.893 bits per heavy atom. The van der Waals surface area contributed by atoms with E-state index in [1.165, 1.54) is 5.39 Å². The van der Waals surface area contributed by atoms with Gasteiger partial charge in [0.1, 0.15) is 31.1 Å². The monoisotopic (exact) mass is 374 g/mol. The number of nitrogens with zero attached hydrogens (tertiary/aromatic N) is 1. The predicted octanol–water partition coefficient (Wildman–Crippen LogP) is 3.87. The van der Waals surface area contributed by atoms with Crippen LogP contribution in [0.5, 0.6) is 11.5 Å². The van der Waals surface area contributed by atoms with Gasteiger partial charge in [0, 0.05) is 6.54 Å². The molecule has 3 aromatic rings. The lowest BCUT2D eigenvalue weighted by Crippen LogP contribution is -2.24. The van der Waals surface area contributed by atoms with Gasteiger partial charge in [0.25, 0.3) is 0 Å². The van der Waals surface area contributed by atoms with E-state index in [1.807, 2.05) is 60.7 Å². The number of nitrogens with one attached hydrogen (secondary N) is 1.